The van der Waals surface area contributed by atoms with Crippen molar-refractivity contribution in [2.24, 2.45) is 5.73 Å². The summed E-state index contributed by atoms with van der Waals surface area (Å²) >= 11 is 3.25. The number of aliphatic hydroxyl groups is 1. The highest BCUT2D eigenvalue weighted by atomic mass is 79.9. The highest BCUT2D eigenvalue weighted by Crippen LogP contribution is 2.12. The number of nitrogens with two attached hydrogens (primary N) is 1. The first-order valence-corrected chi connectivity index (χ1v) is 7.59. The standard InChI is InChI=1S/C10H13BrN2O4S/c11-5-7-1-3-8(4-2-7)18(16,17)13-6-9(14)10(12)15/h1-4,9,13-14H,5-6H2,(H2,12,15). The van der Waals surface area contributed by atoms with E-state index in [2.05, 4.69) is 20.7 Å². The van der Waals surface area contributed by atoms with Gasteiger partial charge in [-0.1, -0.05) is 28.1 Å². The zero-order valence-electron chi connectivity index (χ0n) is 9.34. The number of amides is 1. The zero-order valence-corrected chi connectivity index (χ0v) is 11.7. The molecule has 1 rings (SSSR count). The first-order valence-electron chi connectivity index (χ1n) is 4.99. The predicted molar refractivity (Wildman–Crippen MR) is 69.5 cm³/mol. The Bertz CT molecular complexity index is 515. The number of alkyl halides is 1. The van der Waals surface area contributed by atoms with E-state index in [4.69, 9.17) is 10.8 Å². The maximum absolute atomic E-state index is 11.8. The summed E-state index contributed by atoms with van der Waals surface area (Å²) in [4.78, 5) is 10.6. The molecule has 18 heavy (non-hydrogen) atoms. The van der Waals surface area contributed by atoms with Crippen LogP contribution in [0.4, 0.5) is 0 Å². The fourth-order valence-electron chi connectivity index (χ4n) is 1.13. The Hall–Kier alpha value is -0.960. The topological polar surface area (TPSA) is 109 Å². The second-order valence-corrected chi connectivity index (χ2v) is 5.88. The average Bonchev–Trinajstić information content (AvgIpc) is 2.36. The number of rotatable bonds is 6. The molecule has 0 aliphatic heterocycles. The minimum absolute atomic E-state index is 0.0591. The maximum atomic E-state index is 11.8. The van der Waals surface area contributed by atoms with Gasteiger partial charge in [-0.3, -0.25) is 4.79 Å². The third-order valence-corrected chi connectivity index (χ3v) is 4.27. The van der Waals surface area contributed by atoms with Gasteiger partial charge in [0.25, 0.3) is 0 Å². The lowest BCUT2D eigenvalue weighted by Gasteiger charge is -2.09. The van der Waals surface area contributed by atoms with Crippen molar-refractivity contribution in [3.8, 4) is 0 Å². The Morgan fingerprint density at radius 2 is 1.94 bits per heavy atom. The summed E-state index contributed by atoms with van der Waals surface area (Å²) < 4.78 is 25.6. The van der Waals surface area contributed by atoms with E-state index in [1.165, 1.54) is 12.1 Å². The molecular formula is C10H13BrN2O4S. The molecule has 0 aromatic heterocycles. The molecule has 0 fully saturated rings. The smallest absolute Gasteiger partial charge is 0.247 e. The molecule has 0 aliphatic rings. The summed E-state index contributed by atoms with van der Waals surface area (Å²) in [6.45, 7) is -0.447. The molecule has 1 aromatic carbocycles. The van der Waals surface area contributed by atoms with Gasteiger partial charge < -0.3 is 10.8 Å². The van der Waals surface area contributed by atoms with Crippen LogP contribution in [0, 0.1) is 0 Å². The van der Waals surface area contributed by atoms with Gasteiger partial charge in [-0.25, -0.2) is 13.1 Å². The Morgan fingerprint density at radius 3 is 2.39 bits per heavy atom. The quantitative estimate of drug-likeness (QED) is 0.620. The van der Waals surface area contributed by atoms with Crippen LogP contribution >= 0.6 is 15.9 Å². The Labute approximate surface area is 113 Å². The molecule has 1 atom stereocenters. The molecule has 0 saturated carbocycles. The van der Waals surface area contributed by atoms with Crippen molar-refractivity contribution in [2.45, 2.75) is 16.3 Å². The summed E-state index contributed by atoms with van der Waals surface area (Å²) in [6.07, 6.45) is -1.54. The number of carbonyl (C=O) groups excluding carboxylic acids is 1. The number of carbonyl (C=O) groups is 1. The van der Waals surface area contributed by atoms with Crippen LogP contribution in [0.2, 0.25) is 0 Å². The number of aliphatic hydroxyl groups excluding tert-OH is 1. The second-order valence-electron chi connectivity index (χ2n) is 3.55. The molecule has 0 radical (unpaired) electrons. The van der Waals surface area contributed by atoms with Gasteiger partial charge in [0.2, 0.25) is 15.9 Å². The Balaban J connectivity index is 2.76. The van der Waals surface area contributed by atoms with Crippen molar-refractivity contribution < 1.29 is 18.3 Å². The van der Waals surface area contributed by atoms with Crippen molar-refractivity contribution in [1.29, 1.82) is 0 Å². The molecule has 0 spiro atoms. The van der Waals surface area contributed by atoms with Crippen LogP contribution in [0.3, 0.4) is 0 Å². The molecule has 0 aliphatic carbocycles. The minimum atomic E-state index is -3.75. The van der Waals surface area contributed by atoms with E-state index in [0.717, 1.165) is 5.56 Å². The number of sulfonamides is 1. The molecule has 6 nitrogen and oxygen atoms in total. The van der Waals surface area contributed by atoms with Gasteiger partial charge in [0.15, 0.2) is 0 Å². The molecule has 0 saturated heterocycles. The number of primary amides is 1. The second kappa shape index (κ2) is 6.28. The van der Waals surface area contributed by atoms with Crippen molar-refractivity contribution >= 4 is 31.9 Å². The molecule has 1 amide bonds. The number of hydrogen-bond donors (Lipinski definition) is 3. The van der Waals surface area contributed by atoms with E-state index in [9.17, 15) is 13.2 Å². The van der Waals surface area contributed by atoms with Gasteiger partial charge in [0.1, 0.15) is 6.10 Å². The van der Waals surface area contributed by atoms with Gasteiger partial charge in [-0.2, -0.15) is 0 Å². The molecular weight excluding hydrogens is 324 g/mol. The van der Waals surface area contributed by atoms with Crippen molar-refractivity contribution in [1.82, 2.24) is 4.72 Å². The molecule has 0 bridgehead atoms. The molecule has 0 heterocycles. The van der Waals surface area contributed by atoms with E-state index in [1.54, 1.807) is 12.1 Å². The minimum Gasteiger partial charge on any atom is -0.382 e. The summed E-state index contributed by atoms with van der Waals surface area (Å²) in [5.74, 6) is -0.979. The molecule has 4 N–H and O–H groups in total. The first kappa shape index (κ1) is 15.1. The van der Waals surface area contributed by atoms with Gasteiger partial charge in [-0.15, -0.1) is 0 Å². The van der Waals surface area contributed by atoms with Crippen LogP contribution in [-0.4, -0.2) is 32.1 Å². The molecule has 1 unspecified atom stereocenters. The number of nitrogens with one attached hydrogen (secondary N) is 1. The summed E-state index contributed by atoms with van der Waals surface area (Å²) in [5.41, 5.74) is 5.75. The van der Waals surface area contributed by atoms with E-state index >= 15 is 0 Å². The fraction of sp³-hybridized carbons (Fsp3) is 0.300. The molecule has 100 valence electrons. The fourth-order valence-corrected chi connectivity index (χ4v) is 2.54. The van der Waals surface area contributed by atoms with E-state index in [0.29, 0.717) is 5.33 Å². The number of hydrogen-bond acceptors (Lipinski definition) is 4. The Kier molecular flexibility index (Phi) is 5.27. The van der Waals surface area contributed by atoms with Crippen LogP contribution in [0.25, 0.3) is 0 Å². The van der Waals surface area contributed by atoms with E-state index in [1.807, 2.05) is 0 Å². The zero-order chi connectivity index (χ0) is 13.8. The largest absolute Gasteiger partial charge is 0.382 e. The van der Waals surface area contributed by atoms with E-state index in [-0.39, 0.29) is 4.90 Å². The summed E-state index contributed by atoms with van der Waals surface area (Å²) in [7, 11) is -3.75. The third kappa shape index (κ3) is 4.05. The SMILES string of the molecule is NC(=O)C(O)CNS(=O)(=O)c1ccc(CBr)cc1. The maximum Gasteiger partial charge on any atom is 0.247 e. The lowest BCUT2D eigenvalue weighted by atomic mass is 10.2. The van der Waals surface area contributed by atoms with Gasteiger partial charge >= 0.3 is 0 Å². The Morgan fingerprint density at radius 1 is 1.39 bits per heavy atom. The van der Waals surface area contributed by atoms with Crippen molar-refractivity contribution in [3.05, 3.63) is 29.8 Å². The van der Waals surface area contributed by atoms with E-state index < -0.39 is 28.6 Å². The predicted octanol–water partition coefficient (Wildman–Crippen LogP) is -0.294. The van der Waals surface area contributed by atoms with Crippen molar-refractivity contribution in [3.63, 3.8) is 0 Å². The highest BCUT2D eigenvalue weighted by Gasteiger charge is 2.18. The van der Waals surface area contributed by atoms with Gasteiger partial charge in [-0.05, 0) is 17.7 Å². The van der Waals surface area contributed by atoms with Gasteiger partial charge in [0, 0.05) is 11.9 Å². The average molecular weight is 337 g/mol. The highest BCUT2D eigenvalue weighted by molar-refractivity contribution is 9.08. The number of benzene rings is 1. The lowest BCUT2D eigenvalue weighted by molar-refractivity contribution is -0.125. The van der Waals surface area contributed by atoms with Crippen LogP contribution in [0.1, 0.15) is 5.56 Å². The van der Waals surface area contributed by atoms with Gasteiger partial charge in [0.05, 0.1) is 4.90 Å². The van der Waals surface area contributed by atoms with Crippen LogP contribution in [-0.2, 0) is 20.1 Å². The lowest BCUT2D eigenvalue weighted by Crippen LogP contribution is -2.39. The summed E-state index contributed by atoms with van der Waals surface area (Å²) in [5, 5.41) is 9.74. The molecule has 8 heteroatoms. The third-order valence-electron chi connectivity index (χ3n) is 2.18. The van der Waals surface area contributed by atoms with Crippen LogP contribution < -0.4 is 10.5 Å². The normalized spacial score (nSPS) is 13.2. The van der Waals surface area contributed by atoms with Crippen LogP contribution in [0.15, 0.2) is 29.2 Å². The number of halogens is 1. The first-order chi connectivity index (χ1) is 8.36. The van der Waals surface area contributed by atoms with Crippen LogP contribution in [0.5, 0.6) is 0 Å². The molecule has 1 aromatic rings. The monoisotopic (exact) mass is 336 g/mol. The summed E-state index contributed by atoms with van der Waals surface area (Å²) in [6, 6.07) is 6.20. The van der Waals surface area contributed by atoms with Crippen molar-refractivity contribution in [2.75, 3.05) is 6.54 Å².